The standard InChI is InChI=1S/C8H14N4O3/c1-8(2,7(13)14)5-12-6(4-15-3)9-10-11-12/h4-5H2,1-3H3,(H,13,14). The van der Waals surface area contributed by atoms with Gasteiger partial charge in [-0.25, -0.2) is 4.68 Å². The van der Waals surface area contributed by atoms with Crippen LogP contribution in [0.25, 0.3) is 0 Å². The van der Waals surface area contributed by atoms with Crippen LogP contribution >= 0.6 is 0 Å². The lowest BCUT2D eigenvalue weighted by Crippen LogP contribution is -2.30. The highest BCUT2D eigenvalue weighted by atomic mass is 16.5. The molecule has 1 heterocycles. The summed E-state index contributed by atoms with van der Waals surface area (Å²) in [6, 6.07) is 0. The Balaban J connectivity index is 2.80. The lowest BCUT2D eigenvalue weighted by Gasteiger charge is -2.18. The van der Waals surface area contributed by atoms with Crippen LogP contribution in [0.5, 0.6) is 0 Å². The van der Waals surface area contributed by atoms with Crippen LogP contribution in [0.15, 0.2) is 0 Å². The highest BCUT2D eigenvalue weighted by Crippen LogP contribution is 2.18. The van der Waals surface area contributed by atoms with Crippen molar-refractivity contribution in [2.24, 2.45) is 5.41 Å². The lowest BCUT2D eigenvalue weighted by molar-refractivity contribution is -0.147. The number of tetrazole rings is 1. The maximum Gasteiger partial charge on any atom is 0.310 e. The Bertz CT molecular complexity index is 347. The maximum atomic E-state index is 10.9. The molecule has 0 fully saturated rings. The second kappa shape index (κ2) is 4.35. The van der Waals surface area contributed by atoms with E-state index in [0.29, 0.717) is 5.82 Å². The third-order valence-corrected chi connectivity index (χ3v) is 2.00. The molecule has 0 radical (unpaired) electrons. The molecule has 0 amide bonds. The molecule has 7 nitrogen and oxygen atoms in total. The molecule has 1 N–H and O–H groups in total. The van der Waals surface area contributed by atoms with Crippen molar-refractivity contribution in [3.05, 3.63) is 5.82 Å². The van der Waals surface area contributed by atoms with Crippen LogP contribution in [0.2, 0.25) is 0 Å². The number of nitrogens with zero attached hydrogens (tertiary/aromatic N) is 4. The van der Waals surface area contributed by atoms with Crippen molar-refractivity contribution in [1.29, 1.82) is 0 Å². The quantitative estimate of drug-likeness (QED) is 0.737. The van der Waals surface area contributed by atoms with Crippen molar-refractivity contribution in [3.8, 4) is 0 Å². The number of carbonyl (C=O) groups is 1. The van der Waals surface area contributed by atoms with Gasteiger partial charge in [0.1, 0.15) is 6.61 Å². The third kappa shape index (κ3) is 2.72. The molecule has 0 unspecified atom stereocenters. The molecular formula is C8H14N4O3. The number of hydrogen-bond donors (Lipinski definition) is 1. The van der Waals surface area contributed by atoms with Gasteiger partial charge in [-0.15, -0.1) is 5.10 Å². The lowest BCUT2D eigenvalue weighted by atomic mass is 9.94. The Morgan fingerprint density at radius 1 is 1.60 bits per heavy atom. The average Bonchev–Trinajstić information content (AvgIpc) is 2.52. The normalized spacial score (nSPS) is 11.7. The van der Waals surface area contributed by atoms with Crippen molar-refractivity contribution >= 4 is 5.97 Å². The molecule has 84 valence electrons. The third-order valence-electron chi connectivity index (χ3n) is 2.00. The Hall–Kier alpha value is -1.50. The number of rotatable bonds is 5. The van der Waals surface area contributed by atoms with Gasteiger partial charge < -0.3 is 9.84 Å². The van der Waals surface area contributed by atoms with Crippen LogP contribution in [0.3, 0.4) is 0 Å². The summed E-state index contributed by atoms with van der Waals surface area (Å²) in [6.07, 6.45) is 0. The zero-order valence-corrected chi connectivity index (χ0v) is 8.97. The fourth-order valence-corrected chi connectivity index (χ4v) is 1.02. The van der Waals surface area contributed by atoms with E-state index in [2.05, 4.69) is 15.5 Å². The number of ether oxygens (including phenoxy) is 1. The number of methoxy groups -OCH3 is 1. The fraction of sp³-hybridized carbons (Fsp3) is 0.750. The van der Waals surface area contributed by atoms with Gasteiger partial charge in [-0.05, 0) is 24.3 Å². The van der Waals surface area contributed by atoms with Crippen molar-refractivity contribution < 1.29 is 14.6 Å². The van der Waals surface area contributed by atoms with E-state index in [9.17, 15) is 4.79 Å². The van der Waals surface area contributed by atoms with Gasteiger partial charge in [0.15, 0.2) is 5.82 Å². The largest absolute Gasteiger partial charge is 0.481 e. The molecule has 0 saturated heterocycles. The SMILES string of the molecule is COCc1nnnn1CC(C)(C)C(=O)O. The first kappa shape index (κ1) is 11.6. The highest BCUT2D eigenvalue weighted by molar-refractivity contribution is 5.73. The molecule has 15 heavy (non-hydrogen) atoms. The van der Waals surface area contributed by atoms with Gasteiger partial charge in [-0.2, -0.15) is 0 Å². The first-order valence-electron chi connectivity index (χ1n) is 4.45. The average molecular weight is 214 g/mol. The Labute approximate surface area is 87.0 Å². The number of carboxylic acid groups (broad SMARTS) is 1. The van der Waals surface area contributed by atoms with E-state index in [0.717, 1.165) is 0 Å². The predicted molar refractivity (Wildman–Crippen MR) is 49.9 cm³/mol. The first-order chi connectivity index (χ1) is 6.97. The van der Waals surface area contributed by atoms with E-state index in [1.165, 1.54) is 11.8 Å². The molecule has 1 aromatic rings. The van der Waals surface area contributed by atoms with Gasteiger partial charge in [0.2, 0.25) is 0 Å². The van der Waals surface area contributed by atoms with Crippen molar-refractivity contribution in [1.82, 2.24) is 20.2 Å². The summed E-state index contributed by atoms with van der Waals surface area (Å²) in [4.78, 5) is 10.9. The van der Waals surface area contributed by atoms with Crippen LogP contribution in [-0.2, 0) is 22.7 Å². The zero-order chi connectivity index (χ0) is 11.5. The number of hydrogen-bond acceptors (Lipinski definition) is 5. The van der Waals surface area contributed by atoms with Crippen molar-refractivity contribution in [3.63, 3.8) is 0 Å². The first-order valence-corrected chi connectivity index (χ1v) is 4.45. The molecule has 0 aliphatic rings. The molecular weight excluding hydrogens is 200 g/mol. The molecule has 0 atom stereocenters. The maximum absolute atomic E-state index is 10.9. The van der Waals surface area contributed by atoms with E-state index >= 15 is 0 Å². The summed E-state index contributed by atoms with van der Waals surface area (Å²) in [7, 11) is 1.53. The Morgan fingerprint density at radius 3 is 2.80 bits per heavy atom. The van der Waals surface area contributed by atoms with Gasteiger partial charge in [-0.1, -0.05) is 0 Å². The van der Waals surface area contributed by atoms with Gasteiger partial charge >= 0.3 is 5.97 Å². The van der Waals surface area contributed by atoms with Gasteiger partial charge in [-0.3, -0.25) is 4.79 Å². The van der Waals surface area contributed by atoms with Crippen molar-refractivity contribution in [2.75, 3.05) is 7.11 Å². The van der Waals surface area contributed by atoms with E-state index in [1.807, 2.05) is 0 Å². The van der Waals surface area contributed by atoms with Gasteiger partial charge in [0.25, 0.3) is 0 Å². The second-order valence-corrected chi connectivity index (χ2v) is 3.87. The second-order valence-electron chi connectivity index (χ2n) is 3.87. The molecule has 0 spiro atoms. The van der Waals surface area contributed by atoms with Crippen molar-refractivity contribution in [2.45, 2.75) is 27.0 Å². The topological polar surface area (TPSA) is 90.1 Å². The molecule has 0 aliphatic carbocycles. The van der Waals surface area contributed by atoms with E-state index in [4.69, 9.17) is 9.84 Å². The summed E-state index contributed by atoms with van der Waals surface area (Å²) in [5.41, 5.74) is -0.905. The molecule has 1 rings (SSSR count). The van der Waals surface area contributed by atoms with Crippen LogP contribution in [0, 0.1) is 5.41 Å². The predicted octanol–water partition coefficient (Wildman–Crippen LogP) is -0.0697. The smallest absolute Gasteiger partial charge is 0.310 e. The van der Waals surface area contributed by atoms with E-state index in [1.54, 1.807) is 13.8 Å². The highest BCUT2D eigenvalue weighted by Gasteiger charge is 2.29. The number of carboxylic acids is 1. The van der Waals surface area contributed by atoms with Gasteiger partial charge in [0, 0.05) is 7.11 Å². The molecule has 7 heteroatoms. The van der Waals surface area contributed by atoms with E-state index in [-0.39, 0.29) is 13.2 Å². The fourth-order valence-electron chi connectivity index (χ4n) is 1.02. The Kier molecular flexibility index (Phi) is 3.35. The summed E-state index contributed by atoms with van der Waals surface area (Å²) < 4.78 is 6.33. The molecule has 0 aromatic carbocycles. The Morgan fingerprint density at radius 2 is 2.27 bits per heavy atom. The summed E-state index contributed by atoms with van der Waals surface area (Å²) in [6.45, 7) is 3.72. The minimum absolute atomic E-state index is 0.216. The summed E-state index contributed by atoms with van der Waals surface area (Å²) in [5.74, 6) is -0.367. The monoisotopic (exact) mass is 214 g/mol. The molecule has 1 aromatic heterocycles. The molecule has 0 bridgehead atoms. The minimum atomic E-state index is -0.905. The van der Waals surface area contributed by atoms with Crippen LogP contribution in [-0.4, -0.2) is 38.4 Å². The minimum Gasteiger partial charge on any atom is -0.481 e. The van der Waals surface area contributed by atoms with Gasteiger partial charge in [0.05, 0.1) is 12.0 Å². The van der Waals surface area contributed by atoms with Crippen LogP contribution in [0.1, 0.15) is 19.7 Å². The molecule has 0 saturated carbocycles. The van der Waals surface area contributed by atoms with Crippen LogP contribution in [0.4, 0.5) is 0 Å². The number of aliphatic carboxylic acids is 1. The zero-order valence-electron chi connectivity index (χ0n) is 8.97. The summed E-state index contributed by atoms with van der Waals surface area (Å²) >= 11 is 0. The van der Waals surface area contributed by atoms with Crippen LogP contribution < -0.4 is 0 Å². The molecule has 0 aliphatic heterocycles. The summed E-state index contributed by atoms with van der Waals surface area (Å²) in [5, 5.41) is 19.9. The number of aromatic nitrogens is 4. The van der Waals surface area contributed by atoms with E-state index < -0.39 is 11.4 Å².